The maximum Gasteiger partial charge on any atom is 0.312 e. The molecule has 0 amide bonds. The Kier molecular flexibility index (Phi) is 9.40. The Labute approximate surface area is 238 Å². The number of carbonyl (C=O) groups is 5. The first-order valence-electron chi connectivity index (χ1n) is 13.1. The second-order valence-corrected chi connectivity index (χ2v) is 11.2. The molecule has 0 bridgehead atoms. The van der Waals surface area contributed by atoms with E-state index >= 15 is 0 Å². The zero-order chi connectivity index (χ0) is 30.2. The Hall–Kier alpha value is -2.92. The van der Waals surface area contributed by atoms with Gasteiger partial charge >= 0.3 is 29.8 Å². The van der Waals surface area contributed by atoms with E-state index in [1.54, 1.807) is 6.92 Å². The van der Waals surface area contributed by atoms with Crippen molar-refractivity contribution < 1.29 is 52.8 Å². The number of aliphatic hydroxyl groups is 1. The van der Waals surface area contributed by atoms with E-state index in [1.165, 1.54) is 33.8 Å². The molecule has 1 heterocycles. The minimum Gasteiger partial charge on any atom is -0.462 e. The van der Waals surface area contributed by atoms with Crippen LogP contribution in [0.25, 0.3) is 0 Å². The Bertz CT molecular complexity index is 1120. The molecule has 9 unspecified atom stereocenters. The van der Waals surface area contributed by atoms with Gasteiger partial charge in [0.2, 0.25) is 0 Å². The van der Waals surface area contributed by atoms with Gasteiger partial charge < -0.3 is 28.8 Å². The number of carbonyl (C=O) groups excluding carboxylic acids is 5. The van der Waals surface area contributed by atoms with E-state index in [2.05, 4.69) is 6.58 Å². The Morgan fingerprint density at radius 2 is 1.57 bits per heavy atom. The van der Waals surface area contributed by atoms with Crippen molar-refractivity contribution in [2.75, 3.05) is 5.88 Å². The summed E-state index contributed by atoms with van der Waals surface area (Å²) in [6.45, 7) is 12.1. The molecule has 1 saturated heterocycles. The number of halogens is 1. The lowest BCUT2D eigenvalue weighted by Crippen LogP contribution is -2.66. The third-order valence-corrected chi connectivity index (χ3v) is 8.62. The number of hydrogen-bond acceptors (Lipinski definition) is 11. The topological polar surface area (TPSA) is 152 Å². The summed E-state index contributed by atoms with van der Waals surface area (Å²) in [5, 5.41) is 12.4. The summed E-state index contributed by atoms with van der Waals surface area (Å²) < 4.78 is 28.6. The van der Waals surface area contributed by atoms with E-state index < -0.39 is 83.2 Å². The average molecular weight is 585 g/mol. The second-order valence-electron chi connectivity index (χ2n) is 10.9. The lowest BCUT2D eigenvalue weighted by molar-refractivity contribution is -0.221. The van der Waals surface area contributed by atoms with Crippen LogP contribution in [0.15, 0.2) is 23.8 Å². The van der Waals surface area contributed by atoms with Crippen LogP contribution in [0.1, 0.15) is 60.8 Å². The molecule has 0 spiro atoms. The molecule has 12 heteroatoms. The quantitative estimate of drug-likeness (QED) is 0.219. The van der Waals surface area contributed by atoms with Gasteiger partial charge in [0, 0.05) is 45.9 Å². The summed E-state index contributed by atoms with van der Waals surface area (Å²) in [6.07, 6.45) is -4.08. The molecule has 3 rings (SSSR count). The number of alkyl halides is 1. The standard InChI is InChI=1S/C28H37ClO11/c1-13-8-9-21(37-16(4)31)27(7)22(38-17(5)32)11-20(36-15(3)30)19(12-29)10-23-28(35,14(2)26(34)40-23)25(24(13)27)39-18(6)33/h10,14,20-25,35H,1,8-9,11-12H2,2-7H3. The van der Waals surface area contributed by atoms with Crippen molar-refractivity contribution in [3.05, 3.63) is 23.8 Å². The molecular weight excluding hydrogens is 548 g/mol. The summed E-state index contributed by atoms with van der Waals surface area (Å²) in [6, 6.07) is 0. The fraction of sp³-hybridized carbons (Fsp3) is 0.679. The summed E-state index contributed by atoms with van der Waals surface area (Å²) in [5.41, 5.74) is -2.78. The van der Waals surface area contributed by atoms with Crippen LogP contribution in [-0.4, -0.2) is 77.0 Å². The van der Waals surface area contributed by atoms with Gasteiger partial charge in [-0.2, -0.15) is 0 Å². The van der Waals surface area contributed by atoms with Crippen molar-refractivity contribution in [3.8, 4) is 0 Å². The van der Waals surface area contributed by atoms with Gasteiger partial charge in [-0.3, -0.25) is 24.0 Å². The summed E-state index contributed by atoms with van der Waals surface area (Å²) in [5.74, 6) is -5.86. The minimum atomic E-state index is -2.16. The molecule has 0 aromatic carbocycles. The van der Waals surface area contributed by atoms with Crippen LogP contribution in [0.3, 0.4) is 0 Å². The van der Waals surface area contributed by atoms with E-state index in [0.717, 1.165) is 6.92 Å². The van der Waals surface area contributed by atoms with Gasteiger partial charge in [-0.15, -0.1) is 11.6 Å². The van der Waals surface area contributed by atoms with E-state index in [-0.39, 0.29) is 24.3 Å². The first-order valence-corrected chi connectivity index (χ1v) is 13.7. The van der Waals surface area contributed by atoms with Gasteiger partial charge in [-0.25, -0.2) is 0 Å². The minimum absolute atomic E-state index is 0.128. The summed E-state index contributed by atoms with van der Waals surface area (Å²) in [4.78, 5) is 62.4. The van der Waals surface area contributed by atoms with Crippen LogP contribution in [0, 0.1) is 17.3 Å². The molecule has 3 aliphatic rings. The number of esters is 5. The molecule has 2 fully saturated rings. The molecule has 1 aliphatic heterocycles. The van der Waals surface area contributed by atoms with Crippen LogP contribution in [0.5, 0.6) is 0 Å². The third kappa shape index (κ3) is 5.76. The predicted molar refractivity (Wildman–Crippen MR) is 140 cm³/mol. The van der Waals surface area contributed by atoms with Crippen LogP contribution >= 0.6 is 11.6 Å². The third-order valence-electron chi connectivity index (χ3n) is 8.31. The van der Waals surface area contributed by atoms with E-state index in [4.69, 9.17) is 35.3 Å². The molecule has 11 nitrogen and oxygen atoms in total. The van der Waals surface area contributed by atoms with E-state index in [1.807, 2.05) is 0 Å². The number of hydrogen-bond donors (Lipinski definition) is 1. The average Bonchev–Trinajstić information content (AvgIpc) is 3.05. The molecule has 0 radical (unpaired) electrons. The lowest BCUT2D eigenvalue weighted by Gasteiger charge is -2.55. The van der Waals surface area contributed by atoms with Gasteiger partial charge in [0.05, 0.1) is 11.3 Å². The van der Waals surface area contributed by atoms with E-state index in [9.17, 15) is 29.1 Å². The maximum atomic E-state index is 12.9. The molecule has 222 valence electrons. The molecule has 1 N–H and O–H groups in total. The maximum absolute atomic E-state index is 12.9. The highest BCUT2D eigenvalue weighted by Crippen LogP contribution is 2.56. The van der Waals surface area contributed by atoms with Crippen molar-refractivity contribution in [2.45, 2.75) is 96.9 Å². The number of ether oxygens (including phenoxy) is 5. The van der Waals surface area contributed by atoms with Crippen molar-refractivity contribution in [1.29, 1.82) is 0 Å². The second kappa shape index (κ2) is 11.9. The SMILES string of the molecule is C=C1CCC(OC(C)=O)C2(C)C(OC(C)=O)CC(OC(C)=O)C(CCl)=CC3OC(=O)C(C)C3(O)C(OC(C)=O)C12. The number of fused-ring (bicyclic) bond motifs is 2. The largest absolute Gasteiger partial charge is 0.462 e. The van der Waals surface area contributed by atoms with Gasteiger partial charge in [0.25, 0.3) is 0 Å². The zero-order valence-electron chi connectivity index (χ0n) is 23.6. The number of rotatable bonds is 5. The first-order chi connectivity index (χ1) is 18.6. The van der Waals surface area contributed by atoms with E-state index in [0.29, 0.717) is 12.0 Å². The monoisotopic (exact) mass is 584 g/mol. The Morgan fingerprint density at radius 3 is 2.10 bits per heavy atom. The fourth-order valence-electron chi connectivity index (χ4n) is 6.43. The predicted octanol–water partition coefficient (Wildman–Crippen LogP) is 2.55. The molecule has 9 atom stereocenters. The molecular formula is C28H37ClO11. The highest BCUT2D eigenvalue weighted by molar-refractivity contribution is 6.19. The van der Waals surface area contributed by atoms with Crippen LogP contribution in [-0.2, 0) is 47.7 Å². The van der Waals surface area contributed by atoms with Crippen molar-refractivity contribution in [3.63, 3.8) is 0 Å². The molecule has 40 heavy (non-hydrogen) atoms. The lowest BCUT2D eigenvalue weighted by atomic mass is 9.54. The molecule has 1 saturated carbocycles. The normalized spacial score (nSPS) is 37.6. The van der Waals surface area contributed by atoms with Crippen molar-refractivity contribution >= 4 is 41.4 Å². The smallest absolute Gasteiger partial charge is 0.312 e. The first kappa shape index (κ1) is 31.6. The summed E-state index contributed by atoms with van der Waals surface area (Å²) in [7, 11) is 0. The van der Waals surface area contributed by atoms with Gasteiger partial charge in [0.15, 0.2) is 11.7 Å². The fourth-order valence-corrected chi connectivity index (χ4v) is 6.69. The Balaban J connectivity index is 2.44. The summed E-state index contributed by atoms with van der Waals surface area (Å²) >= 11 is 6.30. The van der Waals surface area contributed by atoms with Gasteiger partial charge in [-0.1, -0.05) is 19.1 Å². The van der Waals surface area contributed by atoms with Crippen LogP contribution in [0.4, 0.5) is 0 Å². The molecule has 0 aromatic heterocycles. The molecule has 2 aliphatic carbocycles. The van der Waals surface area contributed by atoms with Gasteiger partial charge in [-0.05, 0) is 31.4 Å². The molecule has 0 aromatic rings. The van der Waals surface area contributed by atoms with Crippen molar-refractivity contribution in [2.24, 2.45) is 17.3 Å². The van der Waals surface area contributed by atoms with Gasteiger partial charge in [0.1, 0.15) is 24.4 Å². The zero-order valence-corrected chi connectivity index (χ0v) is 24.3. The van der Waals surface area contributed by atoms with Crippen molar-refractivity contribution in [1.82, 2.24) is 0 Å². The Morgan fingerprint density at radius 1 is 1.02 bits per heavy atom. The van der Waals surface area contributed by atoms with Crippen LogP contribution < -0.4 is 0 Å². The highest BCUT2D eigenvalue weighted by atomic mass is 35.5. The highest BCUT2D eigenvalue weighted by Gasteiger charge is 2.68. The van der Waals surface area contributed by atoms with Crippen LogP contribution in [0.2, 0.25) is 0 Å².